The van der Waals surface area contributed by atoms with Crippen molar-refractivity contribution in [2.24, 2.45) is 0 Å². The Hall–Kier alpha value is -2.78. The zero-order valence-electron chi connectivity index (χ0n) is 15.7. The lowest BCUT2D eigenvalue weighted by Gasteiger charge is -2.31. The molecule has 1 aliphatic rings. The maximum Gasteiger partial charge on any atom is 0.0758 e. The molecule has 0 unspecified atom stereocenters. The lowest BCUT2D eigenvalue weighted by molar-refractivity contribution is 0.255. The van der Waals surface area contributed by atoms with Gasteiger partial charge in [-0.3, -0.25) is 9.88 Å². The van der Waals surface area contributed by atoms with E-state index < -0.39 is 0 Å². The molecule has 0 aliphatic carbocycles. The second-order valence-electron chi connectivity index (χ2n) is 7.36. The number of aromatic nitrogens is 2. The van der Waals surface area contributed by atoms with Crippen molar-refractivity contribution in [1.82, 2.24) is 14.9 Å². The molecule has 0 bridgehead atoms. The lowest BCUT2D eigenvalue weighted by atomic mass is 9.89. The second-order valence-corrected chi connectivity index (χ2v) is 7.36. The largest absolute Gasteiger partial charge is 0.299 e. The Labute approximate surface area is 159 Å². The van der Waals surface area contributed by atoms with E-state index in [0.29, 0.717) is 0 Å². The van der Waals surface area contributed by atoms with Crippen molar-refractivity contribution >= 4 is 21.7 Å². The van der Waals surface area contributed by atoms with Crippen LogP contribution < -0.4 is 0 Å². The fourth-order valence-corrected chi connectivity index (χ4v) is 4.43. The highest BCUT2D eigenvalue weighted by Crippen LogP contribution is 2.37. The van der Waals surface area contributed by atoms with Crippen molar-refractivity contribution in [3.05, 3.63) is 72.1 Å². The van der Waals surface area contributed by atoms with Crippen molar-refractivity contribution < 1.29 is 0 Å². The summed E-state index contributed by atoms with van der Waals surface area (Å²) in [6.07, 6.45) is 5.99. The monoisotopic (exact) mass is 353 g/mol. The van der Waals surface area contributed by atoms with Gasteiger partial charge in [-0.05, 0) is 59.5 Å². The first-order valence-corrected chi connectivity index (χ1v) is 9.81. The van der Waals surface area contributed by atoms with Crippen LogP contribution in [0.3, 0.4) is 0 Å². The van der Waals surface area contributed by atoms with E-state index in [-0.39, 0.29) is 0 Å². The van der Waals surface area contributed by atoms with Crippen LogP contribution in [0.5, 0.6) is 0 Å². The van der Waals surface area contributed by atoms with Crippen molar-refractivity contribution in [3.63, 3.8) is 0 Å². The molecule has 0 saturated carbocycles. The van der Waals surface area contributed by atoms with Gasteiger partial charge in [-0.15, -0.1) is 0 Å². The zero-order chi connectivity index (χ0) is 18.2. The molecule has 5 rings (SSSR count). The third-order valence-electron chi connectivity index (χ3n) is 5.64. The van der Waals surface area contributed by atoms with Gasteiger partial charge in [0, 0.05) is 36.4 Å². The number of hydrogen-bond donors (Lipinski definition) is 0. The Kier molecular flexibility index (Phi) is 4.10. The van der Waals surface area contributed by atoms with Gasteiger partial charge in [0.15, 0.2) is 0 Å². The van der Waals surface area contributed by atoms with Crippen molar-refractivity contribution in [2.75, 3.05) is 13.1 Å². The van der Waals surface area contributed by atoms with Crippen LogP contribution in [0.25, 0.3) is 32.9 Å². The van der Waals surface area contributed by atoms with Gasteiger partial charge in [0.1, 0.15) is 0 Å². The first-order valence-electron chi connectivity index (χ1n) is 9.81. The average molecular weight is 353 g/mol. The maximum absolute atomic E-state index is 5.15. The van der Waals surface area contributed by atoms with E-state index in [0.717, 1.165) is 42.8 Å². The zero-order valence-corrected chi connectivity index (χ0v) is 15.7. The fraction of sp³-hybridized carbons (Fsp3) is 0.250. The highest BCUT2D eigenvalue weighted by atomic mass is 15.1. The number of rotatable bonds is 3. The SMILES string of the molecule is CCCN1CCc2c(c(-c3ccncc3)nc3ccc4ccccc4c23)C1. The quantitative estimate of drug-likeness (QED) is 0.473. The van der Waals surface area contributed by atoms with E-state index in [1.165, 1.54) is 33.7 Å². The summed E-state index contributed by atoms with van der Waals surface area (Å²) >= 11 is 0. The second kappa shape index (κ2) is 6.75. The molecular formula is C24H23N3. The molecule has 0 fully saturated rings. The number of fused-ring (bicyclic) bond motifs is 5. The minimum Gasteiger partial charge on any atom is -0.299 e. The third-order valence-corrected chi connectivity index (χ3v) is 5.64. The van der Waals surface area contributed by atoms with E-state index in [9.17, 15) is 0 Å². The predicted octanol–water partition coefficient (Wildman–Crippen LogP) is 5.22. The Morgan fingerprint density at radius 3 is 2.67 bits per heavy atom. The highest BCUT2D eigenvalue weighted by molar-refractivity contribution is 6.09. The Morgan fingerprint density at radius 1 is 0.963 bits per heavy atom. The highest BCUT2D eigenvalue weighted by Gasteiger charge is 2.23. The normalized spacial score (nSPS) is 14.6. The van der Waals surface area contributed by atoms with Gasteiger partial charge < -0.3 is 0 Å². The summed E-state index contributed by atoms with van der Waals surface area (Å²) in [5.41, 5.74) is 6.26. The predicted molar refractivity (Wildman–Crippen MR) is 112 cm³/mol. The van der Waals surface area contributed by atoms with Gasteiger partial charge in [0.05, 0.1) is 11.2 Å². The molecule has 0 spiro atoms. The topological polar surface area (TPSA) is 29.0 Å². The van der Waals surface area contributed by atoms with Crippen LogP contribution in [0.1, 0.15) is 24.5 Å². The molecule has 0 saturated heterocycles. The smallest absolute Gasteiger partial charge is 0.0758 e. The summed E-state index contributed by atoms with van der Waals surface area (Å²) in [6, 6.07) is 17.2. The van der Waals surface area contributed by atoms with Gasteiger partial charge in [0.2, 0.25) is 0 Å². The molecule has 2 aromatic carbocycles. The minimum atomic E-state index is 0.979. The van der Waals surface area contributed by atoms with Crippen LogP contribution in [0.4, 0.5) is 0 Å². The molecule has 3 heterocycles. The van der Waals surface area contributed by atoms with E-state index >= 15 is 0 Å². The standard InChI is InChI=1S/C24H23N3/c1-2-14-27-15-11-20-21(16-27)24(18-9-12-25-13-10-18)26-22-8-7-17-5-3-4-6-19(17)23(20)22/h3-10,12-13H,2,11,14-16H2,1H3. The summed E-state index contributed by atoms with van der Waals surface area (Å²) in [4.78, 5) is 11.9. The summed E-state index contributed by atoms with van der Waals surface area (Å²) < 4.78 is 0. The Morgan fingerprint density at radius 2 is 1.81 bits per heavy atom. The minimum absolute atomic E-state index is 0.979. The van der Waals surface area contributed by atoms with Crippen molar-refractivity contribution in [1.29, 1.82) is 0 Å². The fourth-order valence-electron chi connectivity index (χ4n) is 4.43. The van der Waals surface area contributed by atoms with E-state index in [2.05, 4.69) is 65.3 Å². The van der Waals surface area contributed by atoms with Crippen LogP contribution in [-0.4, -0.2) is 28.0 Å². The Balaban J connectivity index is 1.83. The molecule has 0 amide bonds. The molecule has 0 atom stereocenters. The number of pyridine rings is 2. The third kappa shape index (κ3) is 2.79. The van der Waals surface area contributed by atoms with Gasteiger partial charge in [-0.25, -0.2) is 4.98 Å². The van der Waals surface area contributed by atoms with Crippen LogP contribution in [-0.2, 0) is 13.0 Å². The van der Waals surface area contributed by atoms with Gasteiger partial charge in [-0.2, -0.15) is 0 Å². The molecule has 0 N–H and O–H groups in total. The van der Waals surface area contributed by atoms with Gasteiger partial charge in [-0.1, -0.05) is 37.3 Å². The molecule has 3 nitrogen and oxygen atoms in total. The Bertz CT molecular complexity index is 1120. The molecule has 134 valence electrons. The first-order chi connectivity index (χ1) is 13.3. The molecule has 3 heteroatoms. The van der Waals surface area contributed by atoms with Gasteiger partial charge >= 0.3 is 0 Å². The number of hydrogen-bond acceptors (Lipinski definition) is 3. The first kappa shape index (κ1) is 16.4. The van der Waals surface area contributed by atoms with Crippen LogP contribution in [0.15, 0.2) is 60.9 Å². The van der Waals surface area contributed by atoms with Crippen molar-refractivity contribution in [3.8, 4) is 11.3 Å². The molecule has 0 radical (unpaired) electrons. The summed E-state index contributed by atoms with van der Waals surface area (Å²) in [5.74, 6) is 0. The molecule has 1 aliphatic heterocycles. The summed E-state index contributed by atoms with van der Waals surface area (Å²) in [7, 11) is 0. The maximum atomic E-state index is 5.15. The van der Waals surface area contributed by atoms with E-state index in [1.807, 2.05) is 12.4 Å². The number of benzene rings is 2. The molecule has 27 heavy (non-hydrogen) atoms. The van der Waals surface area contributed by atoms with Crippen molar-refractivity contribution in [2.45, 2.75) is 26.3 Å². The van der Waals surface area contributed by atoms with Crippen LogP contribution >= 0.6 is 0 Å². The summed E-state index contributed by atoms with van der Waals surface area (Å²) in [6.45, 7) is 5.50. The van der Waals surface area contributed by atoms with E-state index in [1.54, 1.807) is 0 Å². The van der Waals surface area contributed by atoms with Gasteiger partial charge in [0.25, 0.3) is 0 Å². The summed E-state index contributed by atoms with van der Waals surface area (Å²) in [5, 5.41) is 3.96. The average Bonchev–Trinajstić information content (AvgIpc) is 2.73. The molecular weight excluding hydrogens is 330 g/mol. The molecule has 2 aromatic heterocycles. The van der Waals surface area contributed by atoms with E-state index in [4.69, 9.17) is 4.98 Å². The van der Waals surface area contributed by atoms with Crippen LogP contribution in [0.2, 0.25) is 0 Å². The number of nitrogens with zero attached hydrogens (tertiary/aromatic N) is 3. The molecule has 4 aromatic rings. The van der Waals surface area contributed by atoms with Crippen LogP contribution in [0, 0.1) is 0 Å². The lowest BCUT2D eigenvalue weighted by Crippen LogP contribution is -2.32.